The number of hydrogen-bond donors (Lipinski definition) is 0. The van der Waals surface area contributed by atoms with Gasteiger partial charge in [0.1, 0.15) is 11.1 Å². The predicted octanol–water partition coefficient (Wildman–Crippen LogP) is 2.32. The predicted molar refractivity (Wildman–Crippen MR) is 56.4 cm³/mol. The zero-order valence-corrected chi connectivity index (χ0v) is 8.70. The molecule has 2 heterocycles. The number of hydrogen-bond acceptors (Lipinski definition) is 4. The van der Waals surface area contributed by atoms with E-state index in [0.717, 1.165) is 11.8 Å². The minimum atomic E-state index is -0.0279. The highest BCUT2D eigenvalue weighted by Crippen LogP contribution is 2.42. The van der Waals surface area contributed by atoms with Crippen LogP contribution < -0.4 is 0 Å². The fourth-order valence-corrected chi connectivity index (χ4v) is 2.57. The van der Waals surface area contributed by atoms with Crippen molar-refractivity contribution in [2.45, 2.75) is 5.37 Å². The van der Waals surface area contributed by atoms with E-state index < -0.39 is 0 Å². The maximum atomic E-state index is 10.6. The van der Waals surface area contributed by atoms with Crippen LogP contribution in [-0.2, 0) is 4.79 Å². The van der Waals surface area contributed by atoms with E-state index in [0.29, 0.717) is 5.70 Å². The van der Waals surface area contributed by atoms with Gasteiger partial charge in [-0.2, -0.15) is 0 Å². The largest absolute Gasteiger partial charge is 0.296 e. The Morgan fingerprint density at radius 3 is 2.79 bits per heavy atom. The molecule has 0 aliphatic carbocycles. The summed E-state index contributed by atoms with van der Waals surface area (Å²) in [4.78, 5) is 14.5. The molecular weight excluding hydrogens is 220 g/mol. The summed E-state index contributed by atoms with van der Waals surface area (Å²) >= 11 is 7.48. The van der Waals surface area contributed by atoms with Gasteiger partial charge in [-0.3, -0.25) is 14.2 Å². The van der Waals surface area contributed by atoms with Gasteiger partial charge in [-0.1, -0.05) is 0 Å². The van der Waals surface area contributed by atoms with Crippen LogP contribution in [0.4, 0.5) is 0 Å². The maximum absolute atomic E-state index is 10.6. The Labute approximate surface area is 90.9 Å². The highest BCUT2D eigenvalue weighted by Gasteiger charge is 2.26. The Bertz CT molecular complexity index is 368. The zero-order chi connectivity index (χ0) is 9.97. The molecule has 72 valence electrons. The first kappa shape index (κ1) is 9.55. The molecule has 0 saturated carbocycles. The highest BCUT2D eigenvalue weighted by atomic mass is 35.5. The second-order valence-corrected chi connectivity index (χ2v) is 4.06. The van der Waals surface area contributed by atoms with Crippen molar-refractivity contribution in [2.75, 3.05) is 0 Å². The second-order valence-electron chi connectivity index (χ2n) is 2.74. The van der Waals surface area contributed by atoms with Gasteiger partial charge in [-0.25, -0.2) is 0 Å². The molecule has 0 saturated heterocycles. The molecule has 1 aromatic heterocycles. The molecule has 0 radical (unpaired) electrons. The first-order valence-corrected chi connectivity index (χ1v) is 5.27. The second kappa shape index (κ2) is 4.02. The molecule has 1 aliphatic rings. The Morgan fingerprint density at radius 2 is 2.21 bits per heavy atom. The average molecular weight is 227 g/mol. The Balaban J connectivity index is 2.21. The molecule has 0 spiro atoms. The van der Waals surface area contributed by atoms with Crippen molar-refractivity contribution in [3.05, 3.63) is 41.2 Å². The number of halogens is 1. The molecule has 1 aliphatic heterocycles. The van der Waals surface area contributed by atoms with Crippen LogP contribution in [0.25, 0.3) is 0 Å². The lowest BCUT2D eigenvalue weighted by molar-refractivity contribution is -0.105. The summed E-state index contributed by atoms with van der Waals surface area (Å²) in [5.41, 5.74) is 1.53. The van der Waals surface area contributed by atoms with Crippen LogP contribution >= 0.6 is 23.5 Å². The van der Waals surface area contributed by atoms with Crippen molar-refractivity contribution in [3.8, 4) is 0 Å². The fourth-order valence-electron chi connectivity index (χ4n) is 1.19. The van der Waals surface area contributed by atoms with Crippen molar-refractivity contribution in [1.82, 2.24) is 9.40 Å². The molecule has 1 atom stereocenters. The van der Waals surface area contributed by atoms with Gasteiger partial charge >= 0.3 is 0 Å². The van der Waals surface area contributed by atoms with Crippen LogP contribution in [0.3, 0.4) is 0 Å². The molecular formula is C9H7ClN2OS. The molecule has 1 aromatic rings. The van der Waals surface area contributed by atoms with E-state index in [2.05, 4.69) is 4.98 Å². The first-order chi connectivity index (χ1) is 6.83. The van der Waals surface area contributed by atoms with Crippen LogP contribution in [0.15, 0.2) is 35.6 Å². The number of rotatable bonds is 2. The number of thioether (sulfide) groups is 1. The van der Waals surface area contributed by atoms with Crippen molar-refractivity contribution in [3.63, 3.8) is 0 Å². The van der Waals surface area contributed by atoms with Crippen molar-refractivity contribution in [2.24, 2.45) is 0 Å². The maximum Gasteiger partial charge on any atom is 0.167 e. The molecule has 5 heteroatoms. The number of nitrogens with zero attached hydrogens (tertiary/aromatic N) is 2. The molecule has 3 nitrogen and oxygen atoms in total. The summed E-state index contributed by atoms with van der Waals surface area (Å²) in [7, 11) is 0. The molecule has 0 amide bonds. The van der Waals surface area contributed by atoms with E-state index in [-0.39, 0.29) is 5.37 Å². The van der Waals surface area contributed by atoms with Crippen LogP contribution in [0, 0.1) is 0 Å². The van der Waals surface area contributed by atoms with Crippen molar-refractivity contribution in [1.29, 1.82) is 0 Å². The first-order valence-electron chi connectivity index (χ1n) is 3.98. The van der Waals surface area contributed by atoms with Crippen LogP contribution in [-0.4, -0.2) is 15.7 Å². The highest BCUT2D eigenvalue weighted by molar-refractivity contribution is 8.02. The van der Waals surface area contributed by atoms with Gasteiger partial charge in [-0.05, 0) is 17.7 Å². The van der Waals surface area contributed by atoms with Gasteiger partial charge in [0.2, 0.25) is 0 Å². The number of carbonyl (C=O) groups is 1. The standard InChI is InChI=1S/C9H7ClN2OS/c10-12-8(5-13)6-14-9(12)7-1-3-11-4-2-7/h1-6,9H. The van der Waals surface area contributed by atoms with Gasteiger partial charge < -0.3 is 0 Å². The molecule has 0 N–H and O–H groups in total. The Kier molecular flexibility index (Phi) is 2.74. The number of allylic oxidation sites excluding steroid dienone is 1. The van der Waals surface area contributed by atoms with Crippen LogP contribution in [0.1, 0.15) is 10.9 Å². The summed E-state index contributed by atoms with van der Waals surface area (Å²) in [5, 5.41) is 1.73. The fraction of sp³-hybridized carbons (Fsp3) is 0.111. The zero-order valence-electron chi connectivity index (χ0n) is 7.13. The summed E-state index contributed by atoms with van der Waals surface area (Å²) < 4.78 is 1.44. The summed E-state index contributed by atoms with van der Waals surface area (Å²) in [5.74, 6) is 0. The number of pyridine rings is 1. The van der Waals surface area contributed by atoms with E-state index in [4.69, 9.17) is 11.8 Å². The summed E-state index contributed by atoms with van der Waals surface area (Å²) in [6, 6.07) is 3.77. The molecule has 0 aromatic carbocycles. The van der Waals surface area contributed by atoms with Gasteiger partial charge in [-0.15, -0.1) is 11.8 Å². The van der Waals surface area contributed by atoms with E-state index in [9.17, 15) is 4.79 Å². The third-order valence-corrected chi connectivity index (χ3v) is 3.51. The van der Waals surface area contributed by atoms with E-state index in [1.54, 1.807) is 17.8 Å². The smallest absolute Gasteiger partial charge is 0.167 e. The monoisotopic (exact) mass is 226 g/mol. The number of aldehydes is 1. The molecule has 2 rings (SSSR count). The quantitative estimate of drug-likeness (QED) is 0.573. The SMILES string of the molecule is O=CC1=CSC(c2ccncc2)N1Cl. The van der Waals surface area contributed by atoms with E-state index in [1.807, 2.05) is 12.1 Å². The minimum absolute atomic E-state index is 0.0279. The number of carbonyl (C=O) groups excluding carboxylic acids is 1. The third-order valence-electron chi connectivity index (χ3n) is 1.88. The number of aromatic nitrogens is 1. The normalized spacial score (nSPS) is 20.8. The molecule has 0 bridgehead atoms. The van der Waals surface area contributed by atoms with Crippen molar-refractivity contribution < 1.29 is 4.79 Å². The lowest BCUT2D eigenvalue weighted by Crippen LogP contribution is -2.12. The van der Waals surface area contributed by atoms with Crippen molar-refractivity contribution >= 4 is 29.8 Å². The molecule has 14 heavy (non-hydrogen) atoms. The lowest BCUT2D eigenvalue weighted by atomic mass is 10.2. The van der Waals surface area contributed by atoms with Gasteiger partial charge in [0.25, 0.3) is 0 Å². The minimum Gasteiger partial charge on any atom is -0.296 e. The van der Waals surface area contributed by atoms with Gasteiger partial charge in [0, 0.05) is 29.6 Å². The van der Waals surface area contributed by atoms with Crippen LogP contribution in [0.5, 0.6) is 0 Å². The molecule has 1 unspecified atom stereocenters. The average Bonchev–Trinajstić information content (AvgIpc) is 2.61. The summed E-state index contributed by atoms with van der Waals surface area (Å²) in [6.45, 7) is 0. The lowest BCUT2D eigenvalue weighted by Gasteiger charge is -2.18. The van der Waals surface area contributed by atoms with Gasteiger partial charge in [0.05, 0.1) is 0 Å². The summed E-state index contributed by atoms with van der Waals surface area (Å²) in [6.07, 6.45) is 4.17. The Morgan fingerprint density at radius 1 is 1.50 bits per heavy atom. The Hall–Kier alpha value is -1.00. The topological polar surface area (TPSA) is 33.2 Å². The van der Waals surface area contributed by atoms with E-state index in [1.165, 1.54) is 16.2 Å². The third kappa shape index (κ3) is 1.63. The van der Waals surface area contributed by atoms with Crippen LogP contribution in [0.2, 0.25) is 0 Å². The molecule has 0 fully saturated rings. The van der Waals surface area contributed by atoms with Gasteiger partial charge in [0.15, 0.2) is 6.29 Å². The van der Waals surface area contributed by atoms with E-state index >= 15 is 0 Å².